The van der Waals surface area contributed by atoms with Crippen LogP contribution in [0.1, 0.15) is 62.0 Å². The van der Waals surface area contributed by atoms with Crippen LogP contribution in [0, 0.1) is 5.92 Å². The molecule has 1 heterocycles. The van der Waals surface area contributed by atoms with Crippen molar-refractivity contribution in [3.8, 4) is 0 Å². The molecule has 3 aromatic carbocycles. The number of hydrogen-bond donors (Lipinski definition) is 2. The second kappa shape index (κ2) is 10.6. The third-order valence-corrected chi connectivity index (χ3v) is 7.82. The monoisotopic (exact) mass is 487 g/mol. The molecule has 0 spiro atoms. The standard InChI is InChI=1S/C31H37NO4/c1-22(23-15-17-24(18-16-23)30(2,3)29(33)34)36-28-21-27(19-20-32(28)4)31(35,25-11-7-5-8-12-25)26-13-9-6-10-14-26/h5-18,22,27-28,35H,19-21H2,1-4H3,(H,33,34). The molecule has 0 saturated carbocycles. The number of ether oxygens (including phenoxy) is 1. The zero-order valence-electron chi connectivity index (χ0n) is 21.6. The number of benzene rings is 3. The van der Waals surface area contributed by atoms with E-state index in [0.29, 0.717) is 6.42 Å². The molecule has 0 radical (unpaired) electrons. The van der Waals surface area contributed by atoms with E-state index in [9.17, 15) is 15.0 Å². The zero-order chi connectivity index (χ0) is 25.9. The molecular weight excluding hydrogens is 450 g/mol. The first-order chi connectivity index (χ1) is 17.1. The molecule has 0 bridgehead atoms. The van der Waals surface area contributed by atoms with Gasteiger partial charge in [0.2, 0.25) is 0 Å². The molecule has 1 aliphatic heterocycles. The molecule has 1 aliphatic rings. The highest BCUT2D eigenvalue weighted by Gasteiger charge is 2.44. The van der Waals surface area contributed by atoms with Gasteiger partial charge in [-0.1, -0.05) is 84.9 Å². The summed E-state index contributed by atoms with van der Waals surface area (Å²) in [7, 11) is 2.07. The normalized spacial score (nSPS) is 20.1. The molecule has 0 amide bonds. The summed E-state index contributed by atoms with van der Waals surface area (Å²) in [5.74, 6) is -0.867. The van der Waals surface area contributed by atoms with Gasteiger partial charge in [0.05, 0.1) is 11.5 Å². The van der Waals surface area contributed by atoms with Crippen molar-refractivity contribution < 1.29 is 19.7 Å². The molecule has 0 aromatic heterocycles. The van der Waals surface area contributed by atoms with Crippen molar-refractivity contribution in [1.82, 2.24) is 4.90 Å². The zero-order valence-corrected chi connectivity index (χ0v) is 21.6. The Labute approximate surface area is 214 Å². The first kappa shape index (κ1) is 26.1. The number of carbonyl (C=O) groups is 1. The molecule has 3 atom stereocenters. The molecule has 190 valence electrons. The number of carboxylic acid groups (broad SMARTS) is 1. The van der Waals surface area contributed by atoms with Gasteiger partial charge < -0.3 is 14.9 Å². The second-order valence-corrected chi connectivity index (χ2v) is 10.5. The fourth-order valence-electron chi connectivity index (χ4n) is 5.21. The van der Waals surface area contributed by atoms with Crippen LogP contribution in [0.3, 0.4) is 0 Å². The number of aliphatic hydroxyl groups is 1. The average molecular weight is 488 g/mol. The van der Waals surface area contributed by atoms with Gasteiger partial charge in [-0.3, -0.25) is 9.69 Å². The fourth-order valence-corrected chi connectivity index (χ4v) is 5.21. The van der Waals surface area contributed by atoms with Gasteiger partial charge in [-0.2, -0.15) is 0 Å². The minimum absolute atomic E-state index is 0.0190. The van der Waals surface area contributed by atoms with Crippen LogP contribution in [-0.2, 0) is 20.5 Å². The Morgan fingerprint density at radius 1 is 0.917 bits per heavy atom. The molecule has 4 rings (SSSR count). The second-order valence-electron chi connectivity index (χ2n) is 10.5. The van der Waals surface area contributed by atoms with Crippen molar-refractivity contribution in [3.05, 3.63) is 107 Å². The van der Waals surface area contributed by atoms with Crippen LogP contribution in [0.4, 0.5) is 0 Å². The molecule has 5 nitrogen and oxygen atoms in total. The predicted molar refractivity (Wildman–Crippen MR) is 142 cm³/mol. The summed E-state index contributed by atoms with van der Waals surface area (Å²) in [6.45, 7) is 6.26. The Kier molecular flexibility index (Phi) is 7.65. The molecule has 0 aliphatic carbocycles. The first-order valence-corrected chi connectivity index (χ1v) is 12.7. The lowest BCUT2D eigenvalue weighted by Crippen LogP contribution is -2.48. The lowest BCUT2D eigenvalue weighted by Gasteiger charge is -2.45. The van der Waals surface area contributed by atoms with Crippen molar-refractivity contribution in [2.45, 2.75) is 57.0 Å². The number of nitrogens with zero attached hydrogens (tertiary/aromatic N) is 1. The molecule has 3 aromatic rings. The molecule has 1 fully saturated rings. The van der Waals surface area contributed by atoms with Crippen molar-refractivity contribution in [2.75, 3.05) is 13.6 Å². The summed E-state index contributed by atoms with van der Waals surface area (Å²) < 4.78 is 6.56. The SMILES string of the molecule is CC(OC1CC(C(O)(c2ccccc2)c2ccccc2)CCN1C)c1ccc(C(C)(C)C(=O)O)cc1. The maximum absolute atomic E-state index is 12.3. The highest BCUT2D eigenvalue weighted by molar-refractivity contribution is 5.80. The van der Waals surface area contributed by atoms with Crippen molar-refractivity contribution in [3.63, 3.8) is 0 Å². The van der Waals surface area contributed by atoms with Crippen LogP contribution in [0.25, 0.3) is 0 Å². The van der Waals surface area contributed by atoms with Crippen LogP contribution in [0.15, 0.2) is 84.9 Å². The Hall–Kier alpha value is -2.99. The molecule has 1 saturated heterocycles. The Morgan fingerprint density at radius 3 is 1.94 bits per heavy atom. The van der Waals surface area contributed by atoms with E-state index in [1.807, 2.05) is 91.9 Å². The third-order valence-electron chi connectivity index (χ3n) is 7.82. The number of carboxylic acids is 1. The number of hydrogen-bond acceptors (Lipinski definition) is 4. The first-order valence-electron chi connectivity index (χ1n) is 12.7. The maximum Gasteiger partial charge on any atom is 0.313 e. The van der Waals surface area contributed by atoms with Gasteiger partial charge in [0.1, 0.15) is 11.8 Å². The molecule has 36 heavy (non-hydrogen) atoms. The summed E-state index contributed by atoms with van der Waals surface area (Å²) in [5.41, 5.74) is 1.49. The van der Waals surface area contributed by atoms with Crippen LogP contribution >= 0.6 is 0 Å². The lowest BCUT2D eigenvalue weighted by atomic mass is 9.71. The fraction of sp³-hybridized carbons (Fsp3) is 0.387. The molecule has 3 unspecified atom stereocenters. The van der Waals surface area contributed by atoms with Crippen molar-refractivity contribution in [1.29, 1.82) is 0 Å². The van der Waals surface area contributed by atoms with Gasteiger partial charge in [-0.05, 0) is 62.9 Å². The lowest BCUT2D eigenvalue weighted by molar-refractivity contribution is -0.142. The largest absolute Gasteiger partial charge is 0.481 e. The van der Waals surface area contributed by atoms with E-state index in [2.05, 4.69) is 11.9 Å². The Morgan fingerprint density at radius 2 is 1.44 bits per heavy atom. The van der Waals surface area contributed by atoms with E-state index in [1.165, 1.54) is 0 Å². The van der Waals surface area contributed by atoms with Gasteiger partial charge in [0.25, 0.3) is 0 Å². The average Bonchev–Trinajstić information content (AvgIpc) is 2.90. The van der Waals surface area contributed by atoms with Gasteiger partial charge in [-0.25, -0.2) is 0 Å². The highest BCUT2D eigenvalue weighted by Crippen LogP contribution is 2.43. The maximum atomic E-state index is 12.3. The van der Waals surface area contributed by atoms with Crippen LogP contribution in [0.5, 0.6) is 0 Å². The number of piperidine rings is 1. The summed E-state index contributed by atoms with van der Waals surface area (Å²) in [5, 5.41) is 21.8. The topological polar surface area (TPSA) is 70.0 Å². The van der Waals surface area contributed by atoms with E-state index in [4.69, 9.17) is 4.74 Å². The third kappa shape index (κ3) is 5.10. The van der Waals surface area contributed by atoms with Gasteiger partial charge in [0.15, 0.2) is 0 Å². The summed E-state index contributed by atoms with van der Waals surface area (Å²) in [6, 6.07) is 27.5. The minimum atomic E-state index is -1.11. The molecular formula is C31H37NO4. The van der Waals surface area contributed by atoms with E-state index in [-0.39, 0.29) is 18.2 Å². The van der Waals surface area contributed by atoms with Crippen LogP contribution in [-0.4, -0.2) is 40.9 Å². The van der Waals surface area contributed by atoms with Gasteiger partial charge in [0, 0.05) is 12.5 Å². The van der Waals surface area contributed by atoms with E-state index >= 15 is 0 Å². The summed E-state index contributed by atoms with van der Waals surface area (Å²) in [4.78, 5) is 13.8. The van der Waals surface area contributed by atoms with E-state index in [1.54, 1.807) is 13.8 Å². The summed E-state index contributed by atoms with van der Waals surface area (Å²) >= 11 is 0. The number of aliphatic carboxylic acids is 1. The minimum Gasteiger partial charge on any atom is -0.481 e. The predicted octanol–water partition coefficient (Wildman–Crippen LogP) is 5.73. The summed E-state index contributed by atoms with van der Waals surface area (Å²) in [6.07, 6.45) is 1.20. The van der Waals surface area contributed by atoms with Crippen molar-refractivity contribution in [2.24, 2.45) is 5.92 Å². The number of likely N-dealkylation sites (tertiary alicyclic amines) is 1. The van der Waals surface area contributed by atoms with Crippen LogP contribution in [0.2, 0.25) is 0 Å². The van der Waals surface area contributed by atoms with Crippen LogP contribution < -0.4 is 0 Å². The van der Waals surface area contributed by atoms with Gasteiger partial charge in [-0.15, -0.1) is 0 Å². The Balaban J connectivity index is 1.55. The quantitative estimate of drug-likeness (QED) is 0.425. The van der Waals surface area contributed by atoms with E-state index in [0.717, 1.165) is 35.2 Å². The van der Waals surface area contributed by atoms with Gasteiger partial charge >= 0.3 is 5.97 Å². The van der Waals surface area contributed by atoms with Crippen molar-refractivity contribution >= 4 is 5.97 Å². The smallest absolute Gasteiger partial charge is 0.313 e. The highest BCUT2D eigenvalue weighted by atomic mass is 16.5. The molecule has 2 N–H and O–H groups in total. The Bertz CT molecular complexity index is 1100. The van der Waals surface area contributed by atoms with E-state index < -0.39 is 17.0 Å². The number of rotatable bonds is 8. The molecule has 5 heteroatoms.